The van der Waals surface area contributed by atoms with Crippen molar-refractivity contribution >= 4 is 12.1 Å². The molecule has 4 heteroatoms. The molecule has 0 radical (unpaired) electrons. The van der Waals surface area contributed by atoms with Crippen LogP contribution in [0.1, 0.15) is 57.3 Å². The number of aromatic nitrogens is 1. The predicted molar refractivity (Wildman–Crippen MR) is 98.8 cm³/mol. The lowest BCUT2D eigenvalue weighted by molar-refractivity contribution is 0.0955. The molecule has 0 spiro atoms. The zero-order chi connectivity index (χ0) is 17.6. The lowest BCUT2D eigenvalue weighted by atomic mass is 9.72. The molecule has 0 fully saturated rings. The number of carbonyl (C=O) groups excluding carboxylic acids is 1. The second-order valence-corrected chi connectivity index (χ2v) is 7.10. The van der Waals surface area contributed by atoms with E-state index >= 15 is 0 Å². The number of nitrogens with one attached hydrogen (secondary N) is 1. The summed E-state index contributed by atoms with van der Waals surface area (Å²) in [5.41, 5.74) is 6.27. The summed E-state index contributed by atoms with van der Waals surface area (Å²) in [5.74, 6) is -0.0717. The maximum Gasteiger partial charge on any atom is 0.271 e. The number of hydrazone groups is 1. The van der Waals surface area contributed by atoms with Crippen LogP contribution in [0.15, 0.2) is 52.9 Å². The van der Waals surface area contributed by atoms with Gasteiger partial charge in [0.1, 0.15) is 0 Å². The first-order valence-corrected chi connectivity index (χ1v) is 8.52. The van der Waals surface area contributed by atoms with Gasteiger partial charge >= 0.3 is 0 Å². The van der Waals surface area contributed by atoms with Gasteiger partial charge in [-0.15, -0.1) is 0 Å². The summed E-state index contributed by atoms with van der Waals surface area (Å²) in [6, 6.07) is 3.32. The van der Waals surface area contributed by atoms with E-state index < -0.39 is 0 Å². The fraction of sp³-hybridized carbons (Fsp3) is 0.450. The SMILES string of the molecule is CC1=C(/C=C/C(C)/C=N/NC(=O)c2ccncc2)C(C)(C)CCC1. The van der Waals surface area contributed by atoms with E-state index in [1.807, 2.05) is 0 Å². The van der Waals surface area contributed by atoms with Crippen LogP contribution in [-0.4, -0.2) is 17.1 Å². The molecule has 0 bridgehead atoms. The first-order valence-electron chi connectivity index (χ1n) is 8.52. The highest BCUT2D eigenvalue weighted by Crippen LogP contribution is 2.40. The lowest BCUT2D eigenvalue weighted by Gasteiger charge is -2.33. The monoisotopic (exact) mass is 325 g/mol. The van der Waals surface area contributed by atoms with Crippen LogP contribution in [0, 0.1) is 11.3 Å². The van der Waals surface area contributed by atoms with E-state index in [2.05, 4.69) is 55.4 Å². The highest BCUT2D eigenvalue weighted by atomic mass is 16.2. The van der Waals surface area contributed by atoms with Crippen LogP contribution >= 0.6 is 0 Å². The number of nitrogens with zero attached hydrogens (tertiary/aromatic N) is 2. The van der Waals surface area contributed by atoms with E-state index in [-0.39, 0.29) is 17.2 Å². The summed E-state index contributed by atoms with van der Waals surface area (Å²) in [5, 5.41) is 4.05. The second kappa shape index (κ2) is 8.04. The summed E-state index contributed by atoms with van der Waals surface area (Å²) < 4.78 is 0. The van der Waals surface area contributed by atoms with Crippen molar-refractivity contribution in [1.29, 1.82) is 0 Å². The minimum absolute atomic E-state index is 0.153. The van der Waals surface area contributed by atoms with Crippen molar-refractivity contribution in [2.45, 2.75) is 47.0 Å². The van der Waals surface area contributed by atoms with E-state index in [1.165, 1.54) is 30.4 Å². The molecule has 24 heavy (non-hydrogen) atoms. The summed E-state index contributed by atoms with van der Waals surface area (Å²) in [4.78, 5) is 15.8. The van der Waals surface area contributed by atoms with Crippen LogP contribution < -0.4 is 5.43 Å². The van der Waals surface area contributed by atoms with Gasteiger partial charge in [-0.05, 0) is 49.3 Å². The number of allylic oxidation sites excluding steroid dienone is 4. The maximum absolute atomic E-state index is 11.9. The average Bonchev–Trinajstić information content (AvgIpc) is 2.54. The topological polar surface area (TPSA) is 54.4 Å². The first kappa shape index (κ1) is 18.1. The van der Waals surface area contributed by atoms with E-state index in [1.54, 1.807) is 30.7 Å². The van der Waals surface area contributed by atoms with Gasteiger partial charge in [0.05, 0.1) is 0 Å². The van der Waals surface area contributed by atoms with Crippen molar-refractivity contribution in [3.05, 3.63) is 53.4 Å². The largest absolute Gasteiger partial charge is 0.271 e. The van der Waals surface area contributed by atoms with Crippen molar-refractivity contribution < 1.29 is 4.79 Å². The van der Waals surface area contributed by atoms with E-state index in [9.17, 15) is 4.79 Å². The summed E-state index contributed by atoms with van der Waals surface area (Å²) in [6.07, 6.45) is 13.0. The molecule has 0 aliphatic heterocycles. The van der Waals surface area contributed by atoms with Gasteiger partial charge < -0.3 is 0 Å². The normalized spacial score (nSPS) is 19.0. The van der Waals surface area contributed by atoms with Crippen molar-refractivity contribution in [1.82, 2.24) is 10.4 Å². The van der Waals surface area contributed by atoms with Crippen LogP contribution in [0.25, 0.3) is 0 Å². The van der Waals surface area contributed by atoms with Gasteiger partial charge in [-0.3, -0.25) is 9.78 Å². The Morgan fingerprint density at radius 2 is 2.08 bits per heavy atom. The molecule has 1 heterocycles. The molecule has 1 unspecified atom stereocenters. The van der Waals surface area contributed by atoms with Gasteiger partial charge in [0.25, 0.3) is 5.91 Å². The van der Waals surface area contributed by atoms with Crippen LogP contribution in [0.4, 0.5) is 0 Å². The molecule has 128 valence electrons. The zero-order valence-electron chi connectivity index (χ0n) is 15.0. The van der Waals surface area contributed by atoms with Gasteiger partial charge in [-0.2, -0.15) is 5.10 Å². The Kier molecular flexibility index (Phi) is 6.07. The number of carbonyl (C=O) groups is 1. The predicted octanol–water partition coefficient (Wildman–Crippen LogP) is 4.52. The maximum atomic E-state index is 11.9. The zero-order valence-corrected chi connectivity index (χ0v) is 15.0. The number of amides is 1. The third kappa shape index (κ3) is 4.88. The van der Waals surface area contributed by atoms with Gasteiger partial charge in [0.2, 0.25) is 0 Å². The Morgan fingerprint density at radius 3 is 2.75 bits per heavy atom. The minimum Gasteiger partial charge on any atom is -0.267 e. The Balaban J connectivity index is 1.93. The average molecular weight is 325 g/mol. The fourth-order valence-corrected chi connectivity index (χ4v) is 3.09. The second-order valence-electron chi connectivity index (χ2n) is 7.10. The molecule has 0 saturated heterocycles. The summed E-state index contributed by atoms with van der Waals surface area (Å²) in [6.45, 7) is 8.91. The number of pyridine rings is 1. The molecule has 2 rings (SSSR count). The lowest BCUT2D eigenvalue weighted by Crippen LogP contribution is -2.19. The van der Waals surface area contributed by atoms with Gasteiger partial charge in [-0.25, -0.2) is 5.43 Å². The quantitative estimate of drug-likeness (QED) is 0.639. The molecule has 0 aromatic carbocycles. The third-order valence-corrected chi connectivity index (χ3v) is 4.53. The van der Waals surface area contributed by atoms with Crippen LogP contribution in [-0.2, 0) is 0 Å². The molecule has 4 nitrogen and oxygen atoms in total. The van der Waals surface area contributed by atoms with Crippen LogP contribution in [0.3, 0.4) is 0 Å². The molecule has 1 aromatic heterocycles. The Morgan fingerprint density at radius 1 is 1.38 bits per heavy atom. The third-order valence-electron chi connectivity index (χ3n) is 4.53. The Hall–Kier alpha value is -2.23. The van der Waals surface area contributed by atoms with E-state index in [0.29, 0.717) is 5.56 Å². The van der Waals surface area contributed by atoms with Crippen LogP contribution in [0.2, 0.25) is 0 Å². The van der Waals surface area contributed by atoms with Gasteiger partial charge in [0.15, 0.2) is 0 Å². The molecule has 1 N–H and O–H groups in total. The standard InChI is InChI=1S/C20H27N3O/c1-15(7-8-18-16(2)6-5-11-20(18,3)4)14-22-23-19(24)17-9-12-21-13-10-17/h7-10,12-15H,5-6,11H2,1-4H3,(H,23,24)/b8-7+,22-14+. The minimum atomic E-state index is -0.225. The molecular formula is C20H27N3O. The van der Waals surface area contributed by atoms with Crippen molar-refractivity contribution in [3.8, 4) is 0 Å². The first-order chi connectivity index (χ1) is 11.4. The fourth-order valence-electron chi connectivity index (χ4n) is 3.09. The van der Waals surface area contributed by atoms with Crippen molar-refractivity contribution in [3.63, 3.8) is 0 Å². The van der Waals surface area contributed by atoms with Gasteiger partial charge in [0, 0.05) is 30.1 Å². The molecule has 1 aromatic rings. The molecule has 1 amide bonds. The van der Waals surface area contributed by atoms with Crippen molar-refractivity contribution in [2.24, 2.45) is 16.4 Å². The molecular weight excluding hydrogens is 298 g/mol. The van der Waals surface area contributed by atoms with Crippen LogP contribution in [0.5, 0.6) is 0 Å². The molecule has 1 atom stereocenters. The van der Waals surface area contributed by atoms with Gasteiger partial charge in [-0.1, -0.05) is 38.5 Å². The number of rotatable bonds is 5. The van der Waals surface area contributed by atoms with E-state index in [0.717, 1.165) is 0 Å². The Labute approximate surface area is 144 Å². The molecule has 0 saturated carbocycles. The Bertz CT molecular complexity index is 657. The highest BCUT2D eigenvalue weighted by molar-refractivity contribution is 5.94. The molecule has 1 aliphatic carbocycles. The number of hydrogen-bond acceptors (Lipinski definition) is 3. The smallest absolute Gasteiger partial charge is 0.267 e. The molecule has 1 aliphatic rings. The van der Waals surface area contributed by atoms with E-state index in [4.69, 9.17) is 0 Å². The summed E-state index contributed by atoms with van der Waals surface area (Å²) in [7, 11) is 0. The summed E-state index contributed by atoms with van der Waals surface area (Å²) >= 11 is 0. The number of hydrogen-bond donors (Lipinski definition) is 1. The van der Waals surface area contributed by atoms with Crippen molar-refractivity contribution in [2.75, 3.05) is 0 Å². The highest BCUT2D eigenvalue weighted by Gasteiger charge is 2.26.